The van der Waals surface area contributed by atoms with E-state index in [-0.39, 0.29) is 29.8 Å². The summed E-state index contributed by atoms with van der Waals surface area (Å²) >= 11 is 6.00. The number of benzene rings is 1. The maximum Gasteiger partial charge on any atom is 0.191 e. The lowest BCUT2D eigenvalue weighted by Gasteiger charge is -2.11. The van der Waals surface area contributed by atoms with Crippen molar-refractivity contribution in [2.45, 2.75) is 26.2 Å². The van der Waals surface area contributed by atoms with Gasteiger partial charge in [-0.1, -0.05) is 17.7 Å². The molecule has 0 aromatic heterocycles. The van der Waals surface area contributed by atoms with Gasteiger partial charge in [0.2, 0.25) is 0 Å². The maximum atomic E-state index is 13.0. The van der Waals surface area contributed by atoms with E-state index in [4.69, 9.17) is 11.6 Å². The van der Waals surface area contributed by atoms with Crippen molar-refractivity contribution in [3.05, 3.63) is 34.6 Å². The van der Waals surface area contributed by atoms with E-state index >= 15 is 0 Å². The lowest BCUT2D eigenvalue weighted by atomic mass is 10.1. The van der Waals surface area contributed by atoms with Gasteiger partial charge in [0, 0.05) is 24.7 Å². The molecule has 3 nitrogen and oxygen atoms in total. The Morgan fingerprint density at radius 2 is 2.14 bits per heavy atom. The minimum absolute atomic E-state index is 0. The summed E-state index contributed by atoms with van der Waals surface area (Å²) in [6, 6.07) is 4.52. The lowest BCUT2D eigenvalue weighted by molar-refractivity contribution is 0.627. The molecule has 0 spiro atoms. The summed E-state index contributed by atoms with van der Waals surface area (Å²) in [7, 11) is 0. The fourth-order valence-electron chi connectivity index (χ4n) is 1.90. The van der Waals surface area contributed by atoms with E-state index < -0.39 is 0 Å². The van der Waals surface area contributed by atoms with Crippen LogP contribution in [-0.4, -0.2) is 25.6 Å². The number of hydrogen-bond acceptors (Lipinski definition) is 1. The number of rotatable bonds is 6. The van der Waals surface area contributed by atoms with E-state index in [0.29, 0.717) is 5.02 Å². The van der Waals surface area contributed by atoms with Gasteiger partial charge in [-0.3, -0.25) is 4.99 Å². The molecular weight excluding hydrogens is 404 g/mol. The highest BCUT2D eigenvalue weighted by atomic mass is 127. The van der Waals surface area contributed by atoms with Crippen LogP contribution in [0.15, 0.2) is 23.2 Å². The van der Waals surface area contributed by atoms with Crippen molar-refractivity contribution in [2.75, 3.05) is 19.6 Å². The molecule has 1 aromatic carbocycles. The SMILES string of the molecule is CCNC(=NCC1CC1)NCCc1ccc(F)cc1Cl.I. The summed E-state index contributed by atoms with van der Waals surface area (Å²) in [5, 5.41) is 6.98. The minimum Gasteiger partial charge on any atom is -0.357 e. The number of nitrogens with one attached hydrogen (secondary N) is 2. The number of halogens is 3. The molecule has 1 aliphatic rings. The molecule has 2 rings (SSSR count). The monoisotopic (exact) mass is 425 g/mol. The van der Waals surface area contributed by atoms with Crippen molar-refractivity contribution in [1.82, 2.24) is 10.6 Å². The Hall–Kier alpha value is -0.560. The first-order valence-electron chi connectivity index (χ1n) is 7.15. The Bertz CT molecular complexity index is 478. The number of aliphatic imine (C=N–C) groups is 1. The first kappa shape index (κ1) is 18.5. The predicted octanol–water partition coefficient (Wildman–Crippen LogP) is 3.60. The number of hydrogen-bond donors (Lipinski definition) is 2. The Balaban J connectivity index is 0.00000220. The molecule has 1 aliphatic carbocycles. The topological polar surface area (TPSA) is 36.4 Å². The summed E-state index contributed by atoms with van der Waals surface area (Å²) in [5.74, 6) is 1.32. The maximum absolute atomic E-state index is 13.0. The van der Waals surface area contributed by atoms with Crippen LogP contribution in [0.2, 0.25) is 5.02 Å². The Kier molecular flexibility index (Phi) is 8.33. The van der Waals surface area contributed by atoms with Gasteiger partial charge in [-0.15, -0.1) is 24.0 Å². The standard InChI is InChI=1S/C15H21ClFN3.HI/c1-2-18-15(20-10-11-3-4-11)19-8-7-12-5-6-13(17)9-14(12)16;/h5-6,9,11H,2-4,7-8,10H2,1H3,(H2,18,19,20);1H. The van der Waals surface area contributed by atoms with Crippen molar-refractivity contribution in [2.24, 2.45) is 10.9 Å². The number of guanidine groups is 1. The van der Waals surface area contributed by atoms with Crippen molar-refractivity contribution in [1.29, 1.82) is 0 Å². The molecule has 0 unspecified atom stereocenters. The van der Waals surface area contributed by atoms with Crippen molar-refractivity contribution >= 4 is 41.5 Å². The fourth-order valence-corrected chi connectivity index (χ4v) is 2.16. The van der Waals surface area contributed by atoms with Crippen molar-refractivity contribution < 1.29 is 4.39 Å². The molecule has 6 heteroatoms. The second-order valence-corrected chi connectivity index (χ2v) is 5.48. The molecule has 2 N–H and O–H groups in total. The van der Waals surface area contributed by atoms with Crippen LogP contribution in [0.3, 0.4) is 0 Å². The second-order valence-electron chi connectivity index (χ2n) is 5.08. The zero-order valence-electron chi connectivity index (χ0n) is 12.2. The molecule has 0 atom stereocenters. The molecule has 1 aromatic rings. The molecule has 0 heterocycles. The van der Waals surface area contributed by atoms with Gasteiger partial charge in [0.1, 0.15) is 5.82 Å². The van der Waals surface area contributed by atoms with Gasteiger partial charge >= 0.3 is 0 Å². The van der Waals surface area contributed by atoms with Crippen LogP contribution in [0.1, 0.15) is 25.3 Å². The smallest absolute Gasteiger partial charge is 0.191 e. The highest BCUT2D eigenvalue weighted by molar-refractivity contribution is 14.0. The Labute approximate surface area is 147 Å². The van der Waals surface area contributed by atoms with Crippen molar-refractivity contribution in [3.8, 4) is 0 Å². The van der Waals surface area contributed by atoms with E-state index in [0.717, 1.165) is 43.5 Å². The van der Waals surface area contributed by atoms with Crippen molar-refractivity contribution in [3.63, 3.8) is 0 Å². The van der Waals surface area contributed by atoms with E-state index in [1.54, 1.807) is 6.07 Å². The fraction of sp³-hybridized carbons (Fsp3) is 0.533. The summed E-state index contributed by atoms with van der Waals surface area (Å²) in [6.45, 7) is 4.51. The van der Waals surface area contributed by atoms with Gasteiger partial charge in [-0.25, -0.2) is 4.39 Å². The average molecular weight is 426 g/mol. The third-order valence-electron chi connectivity index (χ3n) is 3.25. The van der Waals surface area contributed by atoms with Crippen LogP contribution in [0.5, 0.6) is 0 Å². The first-order valence-corrected chi connectivity index (χ1v) is 7.53. The summed E-state index contributed by atoms with van der Waals surface area (Å²) < 4.78 is 13.0. The van der Waals surface area contributed by atoms with Gasteiger partial charge in [-0.05, 0) is 49.8 Å². The van der Waals surface area contributed by atoms with E-state index in [2.05, 4.69) is 15.6 Å². The van der Waals surface area contributed by atoms with Gasteiger partial charge in [0.15, 0.2) is 5.96 Å². The van der Waals surface area contributed by atoms with Crippen LogP contribution in [0, 0.1) is 11.7 Å². The first-order chi connectivity index (χ1) is 9.69. The summed E-state index contributed by atoms with van der Waals surface area (Å²) in [5.41, 5.74) is 0.943. The highest BCUT2D eigenvalue weighted by Gasteiger charge is 2.20. The van der Waals surface area contributed by atoms with Gasteiger partial charge in [0.05, 0.1) is 0 Å². The van der Waals surface area contributed by atoms with Gasteiger partial charge in [-0.2, -0.15) is 0 Å². The van der Waals surface area contributed by atoms with E-state index in [1.165, 1.54) is 25.0 Å². The van der Waals surface area contributed by atoms with Crippen LogP contribution in [0.4, 0.5) is 4.39 Å². The van der Waals surface area contributed by atoms with Crippen LogP contribution in [-0.2, 0) is 6.42 Å². The minimum atomic E-state index is -0.300. The average Bonchev–Trinajstić information content (AvgIpc) is 3.22. The molecule has 1 saturated carbocycles. The molecule has 0 bridgehead atoms. The summed E-state index contributed by atoms with van der Waals surface area (Å²) in [4.78, 5) is 4.54. The van der Waals surface area contributed by atoms with E-state index in [1.807, 2.05) is 6.92 Å². The molecular formula is C15H22ClFIN3. The zero-order valence-corrected chi connectivity index (χ0v) is 15.2. The molecule has 1 fully saturated rings. The van der Waals surface area contributed by atoms with Crippen LogP contribution in [0.25, 0.3) is 0 Å². The Morgan fingerprint density at radius 1 is 1.38 bits per heavy atom. The third-order valence-corrected chi connectivity index (χ3v) is 3.60. The molecule has 0 amide bonds. The molecule has 21 heavy (non-hydrogen) atoms. The largest absolute Gasteiger partial charge is 0.357 e. The quantitative estimate of drug-likeness (QED) is 0.415. The lowest BCUT2D eigenvalue weighted by Crippen LogP contribution is -2.38. The number of nitrogens with zero attached hydrogens (tertiary/aromatic N) is 1. The van der Waals surface area contributed by atoms with E-state index in [9.17, 15) is 4.39 Å². The third kappa shape index (κ3) is 6.82. The predicted molar refractivity (Wildman–Crippen MR) is 97.2 cm³/mol. The highest BCUT2D eigenvalue weighted by Crippen LogP contribution is 2.28. The Morgan fingerprint density at radius 3 is 2.76 bits per heavy atom. The normalized spacial score (nSPS) is 14.5. The second kappa shape index (κ2) is 9.46. The molecule has 118 valence electrons. The zero-order chi connectivity index (χ0) is 14.4. The molecule has 0 saturated heterocycles. The molecule has 0 aliphatic heterocycles. The van der Waals surface area contributed by atoms with Gasteiger partial charge < -0.3 is 10.6 Å². The van der Waals surface area contributed by atoms with Gasteiger partial charge in [0.25, 0.3) is 0 Å². The molecule has 0 radical (unpaired) electrons. The summed E-state index contributed by atoms with van der Waals surface area (Å²) in [6.07, 6.45) is 3.34. The van der Waals surface area contributed by atoms with Crippen LogP contribution >= 0.6 is 35.6 Å². The van der Waals surface area contributed by atoms with Crippen LogP contribution < -0.4 is 10.6 Å².